The number of allylic oxidation sites excluding steroid dienone is 1. The van der Waals surface area contributed by atoms with Crippen LogP contribution in [0.15, 0.2) is 6.08 Å². The molecule has 3 nitrogen and oxygen atoms in total. The monoisotopic (exact) mass is 213 g/mol. The second-order valence-electron chi connectivity index (χ2n) is 3.16. The number of thiol groups is 1. The smallest absolute Gasteiger partial charge is 0.201 e. The average molecular weight is 213 g/mol. The van der Waals surface area contributed by atoms with E-state index in [1.165, 1.54) is 4.57 Å². The van der Waals surface area contributed by atoms with E-state index in [1.807, 2.05) is 6.08 Å². The average Bonchev–Trinajstić information content (AvgIpc) is 2.35. The zero-order valence-corrected chi connectivity index (χ0v) is 9.25. The molecule has 0 aromatic carbocycles. The van der Waals surface area contributed by atoms with Gasteiger partial charge in [0.25, 0.3) is 0 Å². The summed E-state index contributed by atoms with van der Waals surface area (Å²) in [6, 6.07) is 0. The van der Waals surface area contributed by atoms with Gasteiger partial charge in [-0.25, -0.2) is 0 Å². The Morgan fingerprint density at radius 3 is 2.43 bits per heavy atom. The molecule has 1 aromatic rings. The highest BCUT2D eigenvalue weighted by Crippen LogP contribution is 2.32. The summed E-state index contributed by atoms with van der Waals surface area (Å²) in [5.41, 5.74) is 1.37. The van der Waals surface area contributed by atoms with Crippen LogP contribution in [0.2, 0.25) is 0 Å². The maximum Gasteiger partial charge on any atom is 0.201 e. The lowest BCUT2D eigenvalue weighted by atomic mass is 10.2. The fraction of sp³-hybridized carbons (Fsp3) is 0.400. The van der Waals surface area contributed by atoms with Gasteiger partial charge in [0.15, 0.2) is 5.88 Å². The van der Waals surface area contributed by atoms with Crippen molar-refractivity contribution in [2.75, 3.05) is 5.75 Å². The molecule has 1 aromatic heterocycles. The Labute approximate surface area is 89.1 Å². The summed E-state index contributed by atoms with van der Waals surface area (Å²) in [7, 11) is 1.62. The molecule has 0 aliphatic heterocycles. The number of rotatable bonds is 3. The number of nitrogens with zero attached hydrogens (tertiary/aromatic N) is 1. The summed E-state index contributed by atoms with van der Waals surface area (Å²) in [5, 5.41) is 19.1. The van der Waals surface area contributed by atoms with Gasteiger partial charge in [-0.1, -0.05) is 12.2 Å². The van der Waals surface area contributed by atoms with Crippen LogP contribution in [0.3, 0.4) is 0 Å². The first kappa shape index (κ1) is 11.0. The molecule has 0 atom stereocenters. The van der Waals surface area contributed by atoms with Gasteiger partial charge in [0, 0.05) is 18.2 Å². The summed E-state index contributed by atoms with van der Waals surface area (Å²) in [6.45, 7) is 1.77. The molecule has 0 spiro atoms. The summed E-state index contributed by atoms with van der Waals surface area (Å²) < 4.78 is 1.36. The third-order valence-corrected chi connectivity index (χ3v) is 2.45. The molecule has 0 amide bonds. The minimum atomic E-state index is 0.0930. The van der Waals surface area contributed by atoms with Crippen molar-refractivity contribution < 1.29 is 10.2 Å². The SMILES string of the molecule is Cc1c(/C=C/CCS)c(O)n(C)c1O. The van der Waals surface area contributed by atoms with Gasteiger partial charge in [-0.2, -0.15) is 12.6 Å². The van der Waals surface area contributed by atoms with Crippen LogP contribution < -0.4 is 0 Å². The van der Waals surface area contributed by atoms with Crippen LogP contribution in [0.4, 0.5) is 0 Å². The molecule has 2 N–H and O–H groups in total. The van der Waals surface area contributed by atoms with Gasteiger partial charge < -0.3 is 10.2 Å². The Hall–Kier alpha value is -1.03. The lowest BCUT2D eigenvalue weighted by Crippen LogP contribution is -1.84. The van der Waals surface area contributed by atoms with Gasteiger partial charge in [-0.15, -0.1) is 0 Å². The van der Waals surface area contributed by atoms with Gasteiger partial charge in [-0.3, -0.25) is 4.57 Å². The molecule has 0 aliphatic rings. The van der Waals surface area contributed by atoms with Crippen LogP contribution >= 0.6 is 12.6 Å². The van der Waals surface area contributed by atoms with Crippen molar-refractivity contribution in [2.45, 2.75) is 13.3 Å². The lowest BCUT2D eigenvalue weighted by Gasteiger charge is -1.95. The van der Waals surface area contributed by atoms with E-state index in [4.69, 9.17) is 0 Å². The predicted octanol–water partition coefficient (Wildman–Crippen LogP) is 2.08. The Kier molecular flexibility index (Phi) is 3.52. The predicted molar refractivity (Wildman–Crippen MR) is 61.0 cm³/mol. The Bertz CT molecular complexity index is 330. The molecule has 0 aliphatic carbocycles. The highest BCUT2D eigenvalue weighted by atomic mass is 32.1. The van der Waals surface area contributed by atoms with E-state index in [2.05, 4.69) is 12.6 Å². The zero-order valence-electron chi connectivity index (χ0n) is 8.36. The van der Waals surface area contributed by atoms with Gasteiger partial charge >= 0.3 is 0 Å². The van der Waals surface area contributed by atoms with Crippen LogP contribution in [-0.4, -0.2) is 20.5 Å². The number of hydrogen-bond acceptors (Lipinski definition) is 3. The highest BCUT2D eigenvalue weighted by molar-refractivity contribution is 7.80. The van der Waals surface area contributed by atoms with E-state index >= 15 is 0 Å². The third-order valence-electron chi connectivity index (χ3n) is 2.20. The highest BCUT2D eigenvalue weighted by Gasteiger charge is 2.13. The van der Waals surface area contributed by atoms with E-state index in [1.54, 1.807) is 20.0 Å². The largest absolute Gasteiger partial charge is 0.494 e. The zero-order chi connectivity index (χ0) is 10.7. The second-order valence-corrected chi connectivity index (χ2v) is 3.61. The summed E-state index contributed by atoms with van der Waals surface area (Å²) >= 11 is 4.08. The maximum atomic E-state index is 9.63. The van der Waals surface area contributed by atoms with Crippen molar-refractivity contribution >= 4 is 18.7 Å². The molecule has 0 saturated carbocycles. The fourth-order valence-corrected chi connectivity index (χ4v) is 1.45. The van der Waals surface area contributed by atoms with Crippen LogP contribution in [0.5, 0.6) is 11.8 Å². The molecular weight excluding hydrogens is 198 g/mol. The fourth-order valence-electron chi connectivity index (χ4n) is 1.30. The van der Waals surface area contributed by atoms with Crippen molar-refractivity contribution in [3.05, 3.63) is 17.2 Å². The Morgan fingerprint density at radius 1 is 1.36 bits per heavy atom. The normalized spacial score (nSPS) is 11.4. The van der Waals surface area contributed by atoms with Crippen molar-refractivity contribution in [3.8, 4) is 11.8 Å². The third kappa shape index (κ3) is 1.90. The van der Waals surface area contributed by atoms with Crippen molar-refractivity contribution in [1.82, 2.24) is 4.57 Å². The van der Waals surface area contributed by atoms with Crippen molar-refractivity contribution in [1.29, 1.82) is 0 Å². The molecule has 0 fully saturated rings. The second kappa shape index (κ2) is 4.46. The molecule has 0 radical (unpaired) electrons. The molecule has 4 heteroatoms. The molecule has 14 heavy (non-hydrogen) atoms. The number of hydrogen-bond donors (Lipinski definition) is 3. The van der Waals surface area contributed by atoms with Crippen LogP contribution in [0, 0.1) is 6.92 Å². The molecule has 0 saturated heterocycles. The van der Waals surface area contributed by atoms with Crippen molar-refractivity contribution in [3.63, 3.8) is 0 Å². The van der Waals surface area contributed by atoms with Crippen LogP contribution in [-0.2, 0) is 7.05 Å². The summed E-state index contributed by atoms with van der Waals surface area (Å²) in [4.78, 5) is 0. The minimum absolute atomic E-state index is 0.0930. The molecule has 0 unspecified atom stereocenters. The van der Waals surface area contributed by atoms with Crippen molar-refractivity contribution in [2.24, 2.45) is 7.05 Å². The quantitative estimate of drug-likeness (QED) is 0.673. The first-order valence-electron chi connectivity index (χ1n) is 4.44. The van der Waals surface area contributed by atoms with Gasteiger partial charge in [0.2, 0.25) is 5.88 Å². The summed E-state index contributed by atoms with van der Waals surface area (Å²) in [6.07, 6.45) is 4.58. The molecule has 1 rings (SSSR count). The molecule has 78 valence electrons. The van der Waals surface area contributed by atoms with Gasteiger partial charge in [0.05, 0.1) is 0 Å². The minimum Gasteiger partial charge on any atom is -0.494 e. The standard InChI is InChI=1S/C10H15NO2S/c1-7-8(5-3-4-6-14)10(13)11(2)9(7)12/h3,5,12-14H,4,6H2,1-2H3/b5-3+. The van der Waals surface area contributed by atoms with Gasteiger partial charge in [0.1, 0.15) is 0 Å². The number of aromatic hydroxyl groups is 2. The van der Waals surface area contributed by atoms with E-state index in [0.29, 0.717) is 11.1 Å². The van der Waals surface area contributed by atoms with Gasteiger partial charge in [-0.05, 0) is 19.1 Å². The van der Waals surface area contributed by atoms with E-state index in [-0.39, 0.29) is 11.8 Å². The summed E-state index contributed by atoms with van der Waals surface area (Å²) in [5.74, 6) is 0.971. The first-order chi connectivity index (χ1) is 6.59. The Morgan fingerprint density at radius 2 is 2.00 bits per heavy atom. The van der Waals surface area contributed by atoms with E-state index < -0.39 is 0 Å². The molecule has 1 heterocycles. The Balaban J connectivity index is 3.03. The lowest BCUT2D eigenvalue weighted by molar-refractivity contribution is 0.385. The number of aromatic nitrogens is 1. The van der Waals surface area contributed by atoms with E-state index in [9.17, 15) is 10.2 Å². The van der Waals surface area contributed by atoms with Crippen LogP contribution in [0.25, 0.3) is 6.08 Å². The maximum absolute atomic E-state index is 9.63. The van der Waals surface area contributed by atoms with E-state index in [0.717, 1.165) is 12.2 Å². The first-order valence-corrected chi connectivity index (χ1v) is 5.07. The topological polar surface area (TPSA) is 45.4 Å². The molecular formula is C10H15NO2S. The molecule has 0 bridgehead atoms. The van der Waals surface area contributed by atoms with Crippen LogP contribution in [0.1, 0.15) is 17.5 Å².